The molecule has 0 aliphatic heterocycles. The van der Waals surface area contributed by atoms with E-state index in [4.69, 9.17) is 11.6 Å². The van der Waals surface area contributed by atoms with Crippen molar-refractivity contribution in [3.8, 4) is 0 Å². The second-order valence-electron chi connectivity index (χ2n) is 5.88. The van der Waals surface area contributed by atoms with E-state index >= 15 is 0 Å². The van der Waals surface area contributed by atoms with Crippen molar-refractivity contribution in [1.29, 1.82) is 0 Å². The van der Waals surface area contributed by atoms with Gasteiger partial charge in [0.1, 0.15) is 5.82 Å². The van der Waals surface area contributed by atoms with Crippen molar-refractivity contribution < 1.29 is 9.72 Å². The second kappa shape index (κ2) is 8.46. The first-order valence-corrected chi connectivity index (χ1v) is 8.68. The van der Waals surface area contributed by atoms with Crippen LogP contribution >= 0.6 is 11.6 Å². The number of imidazole rings is 1. The summed E-state index contributed by atoms with van der Waals surface area (Å²) in [5.74, 6) is 0.383. The lowest BCUT2D eigenvalue weighted by Gasteiger charge is -2.09. The number of nitrogens with one attached hydrogen (secondary N) is 1. The minimum absolute atomic E-state index is 0.0819. The van der Waals surface area contributed by atoms with Crippen molar-refractivity contribution in [1.82, 2.24) is 14.9 Å². The molecule has 1 amide bonds. The molecule has 0 bridgehead atoms. The Morgan fingerprint density at radius 1 is 1.22 bits per heavy atom. The Kier molecular flexibility index (Phi) is 5.83. The van der Waals surface area contributed by atoms with Crippen LogP contribution in [-0.2, 0) is 13.0 Å². The monoisotopic (exact) mass is 384 g/mol. The normalized spacial score (nSPS) is 10.6. The van der Waals surface area contributed by atoms with E-state index in [0.717, 1.165) is 11.4 Å². The number of nitrogens with zero attached hydrogens (tertiary/aromatic N) is 3. The van der Waals surface area contributed by atoms with Crippen LogP contribution in [0.3, 0.4) is 0 Å². The highest BCUT2D eigenvalue weighted by molar-refractivity contribution is 6.33. The lowest BCUT2D eigenvalue weighted by molar-refractivity contribution is -0.384. The van der Waals surface area contributed by atoms with Gasteiger partial charge in [-0.15, -0.1) is 0 Å². The number of rotatable bonds is 7. The number of aromatic nitrogens is 2. The summed E-state index contributed by atoms with van der Waals surface area (Å²) in [4.78, 5) is 26.9. The summed E-state index contributed by atoms with van der Waals surface area (Å²) in [6.07, 6.45) is 4.14. The highest BCUT2D eigenvalue weighted by Gasteiger charge is 2.15. The molecule has 1 heterocycles. The Balaban J connectivity index is 1.61. The van der Waals surface area contributed by atoms with Crippen molar-refractivity contribution in [3.63, 3.8) is 0 Å². The Labute approximate surface area is 160 Å². The average molecular weight is 385 g/mol. The van der Waals surface area contributed by atoms with Gasteiger partial charge in [-0.2, -0.15) is 0 Å². The van der Waals surface area contributed by atoms with Crippen molar-refractivity contribution in [2.75, 3.05) is 6.54 Å². The highest BCUT2D eigenvalue weighted by Crippen LogP contribution is 2.21. The van der Waals surface area contributed by atoms with Gasteiger partial charge in [0.15, 0.2) is 0 Å². The van der Waals surface area contributed by atoms with E-state index in [1.807, 2.05) is 41.1 Å². The van der Waals surface area contributed by atoms with E-state index in [2.05, 4.69) is 10.3 Å². The fourth-order valence-electron chi connectivity index (χ4n) is 2.68. The highest BCUT2D eigenvalue weighted by atomic mass is 35.5. The molecule has 3 aromatic rings. The number of halogens is 1. The molecule has 7 nitrogen and oxygen atoms in total. The van der Waals surface area contributed by atoms with E-state index in [-0.39, 0.29) is 16.3 Å². The SMILES string of the molecule is O=C(NCCc1nccn1Cc1ccccc1)c1cc([N+](=O)[O-])ccc1Cl. The molecule has 27 heavy (non-hydrogen) atoms. The molecule has 1 N–H and O–H groups in total. The number of nitro benzene ring substituents is 1. The molecule has 1 aromatic heterocycles. The van der Waals surface area contributed by atoms with Crippen LogP contribution in [0.5, 0.6) is 0 Å². The van der Waals surface area contributed by atoms with Crippen molar-refractivity contribution in [3.05, 3.63) is 93.0 Å². The van der Waals surface area contributed by atoms with E-state index in [9.17, 15) is 14.9 Å². The molecule has 3 rings (SSSR count). The van der Waals surface area contributed by atoms with Crippen LogP contribution in [0.2, 0.25) is 5.02 Å². The molecule has 8 heteroatoms. The van der Waals surface area contributed by atoms with Crippen LogP contribution in [0.1, 0.15) is 21.7 Å². The summed E-state index contributed by atoms with van der Waals surface area (Å²) in [6.45, 7) is 1.03. The standard InChI is InChI=1S/C19H17ClN4O3/c20-17-7-6-15(24(26)27)12-16(17)19(25)22-9-8-18-21-10-11-23(18)13-14-4-2-1-3-5-14/h1-7,10-12H,8-9,13H2,(H,22,25). The first-order valence-electron chi connectivity index (χ1n) is 8.30. The van der Waals surface area contributed by atoms with Gasteiger partial charge in [-0.3, -0.25) is 14.9 Å². The van der Waals surface area contributed by atoms with Gasteiger partial charge in [-0.25, -0.2) is 4.98 Å². The largest absolute Gasteiger partial charge is 0.352 e. The number of nitro groups is 1. The first-order chi connectivity index (χ1) is 13.0. The molecule has 0 fully saturated rings. The molecule has 0 aliphatic rings. The third kappa shape index (κ3) is 4.71. The van der Waals surface area contributed by atoms with Crippen molar-refractivity contribution in [2.24, 2.45) is 0 Å². The molecule has 138 valence electrons. The van der Waals surface area contributed by atoms with Gasteiger partial charge in [-0.05, 0) is 11.6 Å². The third-order valence-electron chi connectivity index (χ3n) is 4.04. The molecule has 0 unspecified atom stereocenters. The molecule has 0 saturated heterocycles. The van der Waals surface area contributed by atoms with Crippen molar-refractivity contribution in [2.45, 2.75) is 13.0 Å². The molecule has 0 saturated carbocycles. The first kappa shape index (κ1) is 18.6. The molecule has 0 spiro atoms. The zero-order chi connectivity index (χ0) is 19.2. The number of hydrogen-bond donors (Lipinski definition) is 1. The van der Waals surface area contributed by atoms with Gasteiger partial charge < -0.3 is 9.88 Å². The Bertz CT molecular complexity index is 957. The zero-order valence-electron chi connectivity index (χ0n) is 14.3. The molecule has 0 atom stereocenters. The average Bonchev–Trinajstić information content (AvgIpc) is 3.09. The third-order valence-corrected chi connectivity index (χ3v) is 4.37. The summed E-state index contributed by atoms with van der Waals surface area (Å²) in [6, 6.07) is 13.8. The minimum Gasteiger partial charge on any atom is -0.352 e. The van der Waals surface area contributed by atoms with Crippen LogP contribution < -0.4 is 5.32 Å². The quantitative estimate of drug-likeness (QED) is 0.499. The van der Waals surface area contributed by atoms with Gasteiger partial charge in [0.2, 0.25) is 0 Å². The Morgan fingerprint density at radius 3 is 2.74 bits per heavy atom. The maximum absolute atomic E-state index is 12.3. The number of non-ortho nitro benzene ring substituents is 1. The van der Waals surface area contributed by atoms with E-state index in [1.54, 1.807) is 6.20 Å². The minimum atomic E-state index is -0.562. The maximum Gasteiger partial charge on any atom is 0.270 e. The topological polar surface area (TPSA) is 90.1 Å². The smallest absolute Gasteiger partial charge is 0.270 e. The van der Waals surface area contributed by atoms with Crippen molar-refractivity contribution >= 4 is 23.2 Å². The number of carbonyl (C=O) groups is 1. The van der Waals surface area contributed by atoms with Gasteiger partial charge in [0.05, 0.1) is 15.5 Å². The maximum atomic E-state index is 12.3. The van der Waals surface area contributed by atoms with Gasteiger partial charge in [0.25, 0.3) is 11.6 Å². The van der Waals surface area contributed by atoms with Gasteiger partial charge in [0, 0.05) is 44.0 Å². The van der Waals surface area contributed by atoms with E-state index < -0.39 is 10.8 Å². The summed E-state index contributed by atoms with van der Waals surface area (Å²) in [7, 11) is 0. The summed E-state index contributed by atoms with van der Waals surface area (Å²) >= 11 is 5.99. The molecular weight excluding hydrogens is 368 g/mol. The zero-order valence-corrected chi connectivity index (χ0v) is 15.1. The number of amides is 1. The molecule has 0 aliphatic carbocycles. The van der Waals surface area contributed by atoms with E-state index in [0.29, 0.717) is 19.5 Å². The molecular formula is C19H17ClN4O3. The van der Waals surface area contributed by atoms with Gasteiger partial charge in [-0.1, -0.05) is 41.9 Å². The number of hydrogen-bond acceptors (Lipinski definition) is 4. The van der Waals surface area contributed by atoms with Gasteiger partial charge >= 0.3 is 0 Å². The lowest BCUT2D eigenvalue weighted by Crippen LogP contribution is -2.27. The molecule has 2 aromatic carbocycles. The Morgan fingerprint density at radius 2 is 2.00 bits per heavy atom. The van der Waals surface area contributed by atoms with E-state index in [1.165, 1.54) is 18.2 Å². The summed E-state index contributed by atoms with van der Waals surface area (Å²) in [5, 5.41) is 13.8. The second-order valence-corrected chi connectivity index (χ2v) is 6.29. The molecule has 0 radical (unpaired) electrons. The van der Waals surface area contributed by atoms with Crippen LogP contribution in [0, 0.1) is 10.1 Å². The Hall–Kier alpha value is -3.19. The number of benzene rings is 2. The fourth-order valence-corrected chi connectivity index (χ4v) is 2.88. The van der Waals surface area contributed by atoms with Crippen LogP contribution in [0.4, 0.5) is 5.69 Å². The van der Waals surface area contributed by atoms with Crippen LogP contribution in [0.25, 0.3) is 0 Å². The summed E-state index contributed by atoms with van der Waals surface area (Å²) in [5.41, 5.74) is 1.06. The van der Waals surface area contributed by atoms with Crippen LogP contribution in [0.15, 0.2) is 60.9 Å². The lowest BCUT2D eigenvalue weighted by atomic mass is 10.2. The summed E-state index contributed by atoms with van der Waals surface area (Å²) < 4.78 is 2.02. The fraction of sp³-hybridized carbons (Fsp3) is 0.158. The predicted molar refractivity (Wildman–Crippen MR) is 102 cm³/mol. The predicted octanol–water partition coefficient (Wildman–Crippen LogP) is 3.47. The number of carbonyl (C=O) groups excluding carboxylic acids is 1. The van der Waals surface area contributed by atoms with Crippen LogP contribution in [-0.4, -0.2) is 26.9 Å².